The van der Waals surface area contributed by atoms with Crippen LogP contribution in [0, 0.1) is 10.1 Å². The van der Waals surface area contributed by atoms with Gasteiger partial charge in [0.2, 0.25) is 0 Å². The van der Waals surface area contributed by atoms with Crippen molar-refractivity contribution in [2.24, 2.45) is 0 Å². The fourth-order valence-electron chi connectivity index (χ4n) is 2.47. The minimum atomic E-state index is -0.876. The van der Waals surface area contributed by atoms with E-state index in [4.69, 9.17) is 5.11 Å². The minimum Gasteiger partial charge on any atom is -0.480 e. The molecule has 0 amide bonds. The number of β-amino-alcohol motifs (C(OH)–C–C–N with tert-alkyl or cyclic N) is 1. The highest BCUT2D eigenvalue weighted by atomic mass is 16.6. The maximum atomic E-state index is 11.1. The number of aliphatic carboxylic acids is 1. The van der Waals surface area contributed by atoms with Crippen molar-refractivity contribution in [1.82, 2.24) is 4.90 Å². The van der Waals surface area contributed by atoms with Crippen LogP contribution < -0.4 is 0 Å². The number of aliphatic hydroxyl groups is 1. The van der Waals surface area contributed by atoms with Gasteiger partial charge in [0, 0.05) is 18.7 Å². The van der Waals surface area contributed by atoms with E-state index < -0.39 is 23.0 Å². The maximum absolute atomic E-state index is 11.1. The van der Waals surface area contributed by atoms with Gasteiger partial charge in [0.05, 0.1) is 11.0 Å². The van der Waals surface area contributed by atoms with Gasteiger partial charge in [0.15, 0.2) is 0 Å². The van der Waals surface area contributed by atoms with Crippen LogP contribution in [0.4, 0.5) is 5.69 Å². The van der Waals surface area contributed by atoms with Crippen LogP contribution >= 0.6 is 0 Å². The summed E-state index contributed by atoms with van der Waals surface area (Å²) in [5, 5.41) is 29.7. The molecule has 7 nitrogen and oxygen atoms in total. The van der Waals surface area contributed by atoms with Crippen LogP contribution in [0.25, 0.3) is 0 Å². The van der Waals surface area contributed by atoms with Crippen molar-refractivity contribution in [3.8, 4) is 0 Å². The van der Waals surface area contributed by atoms with E-state index in [0.29, 0.717) is 18.5 Å². The first kappa shape index (κ1) is 14.4. The van der Waals surface area contributed by atoms with Gasteiger partial charge in [-0.05, 0) is 37.1 Å². The Bertz CT molecular complexity index is 502. The van der Waals surface area contributed by atoms with Gasteiger partial charge in [-0.3, -0.25) is 19.8 Å². The van der Waals surface area contributed by atoms with Crippen molar-refractivity contribution in [1.29, 1.82) is 0 Å². The summed E-state index contributed by atoms with van der Waals surface area (Å²) in [6.45, 7) is 0.857. The number of benzene rings is 1. The Balaban J connectivity index is 2.02. The van der Waals surface area contributed by atoms with Crippen molar-refractivity contribution in [3.63, 3.8) is 0 Å². The molecule has 7 heteroatoms. The molecular formula is C13H16N2O5. The molecule has 2 atom stereocenters. The fourth-order valence-corrected chi connectivity index (χ4v) is 2.47. The number of nitro benzene ring substituents is 1. The fraction of sp³-hybridized carbons (Fsp3) is 0.462. The second kappa shape index (κ2) is 5.98. The number of carboxylic acid groups (broad SMARTS) is 1. The summed E-state index contributed by atoms with van der Waals surface area (Å²) >= 11 is 0. The SMILES string of the molecule is O=C(O)C1CCCN1CC(O)c1ccc([N+](=O)[O-])cc1. The molecule has 2 unspecified atom stereocenters. The van der Waals surface area contributed by atoms with Crippen molar-refractivity contribution in [2.45, 2.75) is 25.0 Å². The third kappa shape index (κ3) is 3.12. The molecule has 0 aromatic heterocycles. The average molecular weight is 280 g/mol. The molecule has 0 spiro atoms. The molecule has 1 heterocycles. The lowest BCUT2D eigenvalue weighted by molar-refractivity contribution is -0.384. The maximum Gasteiger partial charge on any atom is 0.320 e. The van der Waals surface area contributed by atoms with Gasteiger partial charge in [0.1, 0.15) is 6.04 Å². The number of non-ortho nitro benzene ring substituents is 1. The molecule has 0 saturated carbocycles. The molecule has 20 heavy (non-hydrogen) atoms. The van der Waals surface area contributed by atoms with Crippen molar-refractivity contribution >= 4 is 11.7 Å². The minimum absolute atomic E-state index is 0.0365. The van der Waals surface area contributed by atoms with Crippen molar-refractivity contribution in [2.75, 3.05) is 13.1 Å². The van der Waals surface area contributed by atoms with Crippen LogP contribution in [0.15, 0.2) is 24.3 Å². The lowest BCUT2D eigenvalue weighted by atomic mass is 10.1. The van der Waals surface area contributed by atoms with Gasteiger partial charge in [-0.2, -0.15) is 0 Å². The largest absolute Gasteiger partial charge is 0.480 e. The number of nitro groups is 1. The van der Waals surface area contributed by atoms with Gasteiger partial charge in [-0.1, -0.05) is 0 Å². The van der Waals surface area contributed by atoms with E-state index in [0.717, 1.165) is 6.42 Å². The van der Waals surface area contributed by atoms with Crippen molar-refractivity contribution < 1.29 is 19.9 Å². The number of aliphatic hydroxyl groups excluding tert-OH is 1. The predicted octanol–water partition coefficient (Wildman–Crippen LogP) is 1.18. The molecule has 2 N–H and O–H groups in total. The highest BCUT2D eigenvalue weighted by Crippen LogP contribution is 2.23. The highest BCUT2D eigenvalue weighted by Gasteiger charge is 2.31. The molecule has 1 aliphatic heterocycles. The molecular weight excluding hydrogens is 264 g/mol. The number of carbonyl (C=O) groups is 1. The second-order valence-corrected chi connectivity index (χ2v) is 4.86. The molecule has 108 valence electrons. The van der Waals surface area contributed by atoms with Crippen LogP contribution in [0.5, 0.6) is 0 Å². The summed E-state index contributed by atoms with van der Waals surface area (Å²) in [6.07, 6.45) is 0.530. The third-order valence-corrected chi connectivity index (χ3v) is 3.54. The van der Waals surface area contributed by atoms with Crippen LogP contribution in [-0.2, 0) is 4.79 Å². The van der Waals surface area contributed by atoms with Crippen LogP contribution in [-0.4, -0.2) is 45.1 Å². The normalized spacial score (nSPS) is 20.8. The zero-order chi connectivity index (χ0) is 14.7. The summed E-state index contributed by atoms with van der Waals surface area (Å²) in [6, 6.07) is 5.10. The molecule has 0 aliphatic carbocycles. The number of hydrogen-bond acceptors (Lipinski definition) is 5. The van der Waals surface area contributed by atoms with Gasteiger partial charge in [-0.25, -0.2) is 0 Å². The Morgan fingerprint density at radius 3 is 2.65 bits per heavy atom. The predicted molar refractivity (Wildman–Crippen MR) is 70.3 cm³/mol. The smallest absolute Gasteiger partial charge is 0.320 e. The standard InChI is InChI=1S/C13H16N2O5/c16-12(8-14-7-1-2-11(14)13(17)18)9-3-5-10(6-4-9)15(19)20/h3-6,11-12,16H,1-2,7-8H2,(H,17,18). The summed E-state index contributed by atoms with van der Waals surface area (Å²) in [5.74, 6) is -0.876. The third-order valence-electron chi connectivity index (χ3n) is 3.54. The van der Waals surface area contributed by atoms with E-state index in [1.54, 1.807) is 4.90 Å². The molecule has 1 aromatic rings. The number of carboxylic acids is 1. The van der Waals surface area contributed by atoms with Gasteiger partial charge >= 0.3 is 5.97 Å². The quantitative estimate of drug-likeness (QED) is 0.620. The van der Waals surface area contributed by atoms with Crippen LogP contribution in [0.1, 0.15) is 24.5 Å². The van der Waals surface area contributed by atoms with E-state index >= 15 is 0 Å². The topological polar surface area (TPSA) is 104 Å². The van der Waals surface area contributed by atoms with Gasteiger partial charge < -0.3 is 10.2 Å². The van der Waals surface area contributed by atoms with Gasteiger partial charge in [0.25, 0.3) is 5.69 Å². The van der Waals surface area contributed by atoms with Crippen LogP contribution in [0.2, 0.25) is 0 Å². The van der Waals surface area contributed by atoms with Crippen molar-refractivity contribution in [3.05, 3.63) is 39.9 Å². The van der Waals surface area contributed by atoms with E-state index in [9.17, 15) is 20.0 Å². The Hall–Kier alpha value is -1.99. The van der Waals surface area contributed by atoms with E-state index in [2.05, 4.69) is 0 Å². The lowest BCUT2D eigenvalue weighted by Gasteiger charge is -2.24. The molecule has 0 radical (unpaired) electrons. The monoisotopic (exact) mass is 280 g/mol. The summed E-state index contributed by atoms with van der Waals surface area (Å²) in [5.41, 5.74) is 0.511. The average Bonchev–Trinajstić information content (AvgIpc) is 2.87. The highest BCUT2D eigenvalue weighted by molar-refractivity contribution is 5.73. The first-order valence-corrected chi connectivity index (χ1v) is 6.38. The molecule has 1 fully saturated rings. The van der Waals surface area contributed by atoms with Gasteiger partial charge in [-0.15, -0.1) is 0 Å². The van der Waals surface area contributed by atoms with E-state index in [1.807, 2.05) is 0 Å². The molecule has 2 rings (SSSR count). The van der Waals surface area contributed by atoms with E-state index in [-0.39, 0.29) is 12.2 Å². The Labute approximate surface area is 115 Å². The molecule has 0 bridgehead atoms. The molecule has 1 aliphatic rings. The molecule has 1 saturated heterocycles. The van der Waals surface area contributed by atoms with Crippen LogP contribution in [0.3, 0.4) is 0 Å². The summed E-state index contributed by atoms with van der Waals surface area (Å²) < 4.78 is 0. The van der Waals surface area contributed by atoms with E-state index in [1.165, 1.54) is 24.3 Å². The zero-order valence-electron chi connectivity index (χ0n) is 10.8. The Morgan fingerprint density at radius 2 is 2.10 bits per heavy atom. The first-order valence-electron chi connectivity index (χ1n) is 6.38. The number of rotatable bonds is 5. The summed E-state index contributed by atoms with van der Waals surface area (Å²) in [4.78, 5) is 22.8. The number of likely N-dealkylation sites (tertiary alicyclic amines) is 1. The summed E-state index contributed by atoms with van der Waals surface area (Å²) in [7, 11) is 0. The number of hydrogen-bond donors (Lipinski definition) is 2. The zero-order valence-corrected chi connectivity index (χ0v) is 10.8. The number of nitrogens with zero attached hydrogens (tertiary/aromatic N) is 2. The Morgan fingerprint density at radius 1 is 1.45 bits per heavy atom. The Kier molecular flexibility index (Phi) is 4.31. The first-order chi connectivity index (χ1) is 9.49. The lowest BCUT2D eigenvalue weighted by Crippen LogP contribution is -2.38. The molecule has 1 aromatic carbocycles. The second-order valence-electron chi connectivity index (χ2n) is 4.86.